The van der Waals surface area contributed by atoms with Crippen LogP contribution in [0.1, 0.15) is 49.4 Å². The van der Waals surface area contributed by atoms with Crippen LogP contribution in [0.4, 0.5) is 0 Å². The Balaban J connectivity index is 1.74. The molecule has 1 unspecified atom stereocenters. The second kappa shape index (κ2) is 3.32. The zero-order valence-electron chi connectivity index (χ0n) is 11.3. The topological polar surface area (TPSA) is 36.1 Å². The molecule has 3 nitrogen and oxygen atoms in total. The van der Waals surface area contributed by atoms with Crippen molar-refractivity contribution < 1.29 is 0 Å². The first-order valence-corrected chi connectivity index (χ1v) is 7.71. The SMILES string of the molecule is C[C@@H]1C[C@@H]2[C@H]3C[C@@H]4CN([C@H]3C1)[C@H]2c1[nH]c(=O)ccc14. The van der Waals surface area contributed by atoms with Crippen LogP contribution < -0.4 is 5.56 Å². The van der Waals surface area contributed by atoms with Gasteiger partial charge in [0.1, 0.15) is 0 Å². The maximum Gasteiger partial charge on any atom is 0.248 e. The quantitative estimate of drug-likeness (QED) is 0.773. The maximum absolute atomic E-state index is 11.7. The van der Waals surface area contributed by atoms with E-state index in [0.717, 1.165) is 23.8 Å². The molecule has 7 atom stereocenters. The molecule has 0 spiro atoms. The summed E-state index contributed by atoms with van der Waals surface area (Å²) < 4.78 is 0. The Morgan fingerprint density at radius 1 is 1.21 bits per heavy atom. The van der Waals surface area contributed by atoms with Crippen LogP contribution in [0.3, 0.4) is 0 Å². The van der Waals surface area contributed by atoms with Gasteiger partial charge in [0.2, 0.25) is 5.56 Å². The van der Waals surface area contributed by atoms with E-state index in [-0.39, 0.29) is 5.56 Å². The molecule has 1 N–H and O–H groups in total. The van der Waals surface area contributed by atoms with Gasteiger partial charge in [0.25, 0.3) is 0 Å². The van der Waals surface area contributed by atoms with Crippen LogP contribution in [0, 0.1) is 17.8 Å². The van der Waals surface area contributed by atoms with Crippen molar-refractivity contribution in [2.75, 3.05) is 6.54 Å². The molecule has 4 heterocycles. The lowest BCUT2D eigenvalue weighted by atomic mass is 9.70. The fraction of sp³-hybridized carbons (Fsp3) is 0.688. The summed E-state index contributed by atoms with van der Waals surface area (Å²) in [7, 11) is 0. The molecule has 3 heteroatoms. The third-order valence-corrected chi connectivity index (χ3v) is 6.26. The average Bonchev–Trinajstić information content (AvgIpc) is 2.56. The molecule has 1 aliphatic carbocycles. The van der Waals surface area contributed by atoms with Crippen molar-refractivity contribution >= 4 is 0 Å². The molecule has 19 heavy (non-hydrogen) atoms. The molecule has 5 bridgehead atoms. The first-order valence-electron chi connectivity index (χ1n) is 7.71. The van der Waals surface area contributed by atoms with Crippen LogP contribution in [-0.2, 0) is 0 Å². The summed E-state index contributed by atoms with van der Waals surface area (Å²) in [6, 6.07) is 5.13. The second-order valence-corrected chi connectivity index (χ2v) is 7.24. The minimum absolute atomic E-state index is 0.0762. The van der Waals surface area contributed by atoms with Crippen molar-refractivity contribution in [1.82, 2.24) is 9.88 Å². The molecule has 3 aliphatic heterocycles. The molecule has 3 fully saturated rings. The van der Waals surface area contributed by atoms with Gasteiger partial charge < -0.3 is 4.98 Å². The molecule has 1 aromatic heterocycles. The van der Waals surface area contributed by atoms with E-state index in [0.29, 0.717) is 12.0 Å². The number of fused-ring (bicyclic) bond motifs is 5. The van der Waals surface area contributed by atoms with E-state index in [1.807, 2.05) is 0 Å². The van der Waals surface area contributed by atoms with Gasteiger partial charge in [-0.2, -0.15) is 0 Å². The van der Waals surface area contributed by atoms with Gasteiger partial charge >= 0.3 is 0 Å². The highest BCUT2D eigenvalue weighted by atomic mass is 16.1. The molecule has 2 saturated heterocycles. The van der Waals surface area contributed by atoms with Crippen molar-refractivity contribution in [2.24, 2.45) is 17.8 Å². The van der Waals surface area contributed by atoms with Crippen LogP contribution in [0.25, 0.3) is 0 Å². The van der Waals surface area contributed by atoms with Gasteiger partial charge in [-0.25, -0.2) is 0 Å². The Morgan fingerprint density at radius 3 is 3.00 bits per heavy atom. The number of hydrogen-bond acceptors (Lipinski definition) is 2. The van der Waals surface area contributed by atoms with Crippen LogP contribution in [0.2, 0.25) is 0 Å². The molecular weight excluding hydrogens is 236 g/mol. The molecule has 100 valence electrons. The van der Waals surface area contributed by atoms with Gasteiger partial charge in [0.15, 0.2) is 0 Å². The van der Waals surface area contributed by atoms with Crippen molar-refractivity contribution in [1.29, 1.82) is 0 Å². The highest BCUT2D eigenvalue weighted by molar-refractivity contribution is 5.36. The number of rotatable bonds is 0. The number of nitrogens with zero attached hydrogens (tertiary/aromatic N) is 1. The minimum Gasteiger partial charge on any atom is -0.324 e. The van der Waals surface area contributed by atoms with Gasteiger partial charge in [0, 0.05) is 24.3 Å². The highest BCUT2D eigenvalue weighted by Crippen LogP contribution is 2.62. The minimum atomic E-state index is 0.0762. The molecule has 4 aliphatic rings. The Morgan fingerprint density at radius 2 is 2.11 bits per heavy atom. The highest BCUT2D eigenvalue weighted by Gasteiger charge is 2.59. The van der Waals surface area contributed by atoms with Crippen molar-refractivity contribution in [3.63, 3.8) is 0 Å². The fourth-order valence-corrected chi connectivity index (χ4v) is 5.75. The molecule has 1 aromatic rings. The lowest BCUT2D eigenvalue weighted by Crippen LogP contribution is -2.46. The maximum atomic E-state index is 11.7. The number of aromatic nitrogens is 1. The molecular formula is C16H20N2O. The standard InChI is InChI=1S/C16H20N2O/c1-8-4-12-11-6-9-7-18(13(11)5-8)16(12)15-10(9)2-3-14(19)17-15/h2-3,8-9,11-13,16H,4-7H2,1H3,(H,17,19)/t8-,9-,11-,12-,13+,16-/m1/s1. The normalized spacial score (nSPS) is 49.2. The zero-order chi connectivity index (χ0) is 12.7. The third kappa shape index (κ3) is 1.20. The number of piperidine rings is 1. The van der Waals surface area contributed by atoms with Crippen LogP contribution >= 0.6 is 0 Å². The smallest absolute Gasteiger partial charge is 0.248 e. The predicted molar refractivity (Wildman–Crippen MR) is 73.0 cm³/mol. The summed E-state index contributed by atoms with van der Waals surface area (Å²) in [6.45, 7) is 3.64. The number of aromatic amines is 1. The number of pyridine rings is 1. The summed E-state index contributed by atoms with van der Waals surface area (Å²) in [4.78, 5) is 17.7. The van der Waals surface area contributed by atoms with Crippen LogP contribution in [-0.4, -0.2) is 22.5 Å². The van der Waals surface area contributed by atoms with Gasteiger partial charge in [-0.15, -0.1) is 0 Å². The molecule has 0 amide bonds. The van der Waals surface area contributed by atoms with E-state index in [1.54, 1.807) is 6.07 Å². The predicted octanol–water partition coefficient (Wildman–Crippen LogP) is 2.26. The zero-order valence-corrected chi connectivity index (χ0v) is 11.3. The van der Waals surface area contributed by atoms with Crippen molar-refractivity contribution in [3.8, 4) is 0 Å². The molecule has 1 saturated carbocycles. The van der Waals surface area contributed by atoms with E-state index in [1.165, 1.54) is 37.1 Å². The third-order valence-electron chi connectivity index (χ3n) is 6.26. The Bertz CT molecular complexity index is 607. The summed E-state index contributed by atoms with van der Waals surface area (Å²) >= 11 is 0. The van der Waals surface area contributed by atoms with E-state index in [2.05, 4.69) is 22.9 Å². The van der Waals surface area contributed by atoms with Crippen LogP contribution in [0.15, 0.2) is 16.9 Å². The van der Waals surface area contributed by atoms with Gasteiger partial charge in [0.05, 0.1) is 6.04 Å². The Kier molecular flexibility index (Phi) is 1.86. The second-order valence-electron chi connectivity index (χ2n) is 7.24. The monoisotopic (exact) mass is 256 g/mol. The largest absolute Gasteiger partial charge is 0.324 e. The van der Waals surface area contributed by atoms with Crippen LogP contribution in [0.5, 0.6) is 0 Å². The summed E-state index contributed by atoms with van der Waals surface area (Å²) in [5, 5.41) is 0. The van der Waals surface area contributed by atoms with E-state index >= 15 is 0 Å². The first kappa shape index (κ1) is 10.7. The number of H-pyrrole nitrogens is 1. The van der Waals surface area contributed by atoms with Crippen molar-refractivity contribution in [3.05, 3.63) is 33.7 Å². The molecule has 0 radical (unpaired) electrons. The number of hydrogen-bond donors (Lipinski definition) is 1. The summed E-state index contributed by atoms with van der Waals surface area (Å²) in [5.41, 5.74) is 2.79. The lowest BCUT2D eigenvalue weighted by Gasteiger charge is -2.44. The van der Waals surface area contributed by atoms with Gasteiger partial charge in [-0.3, -0.25) is 9.69 Å². The molecule has 0 aromatic carbocycles. The average molecular weight is 256 g/mol. The summed E-state index contributed by atoms with van der Waals surface area (Å²) in [6.07, 6.45) is 4.08. The Labute approximate surface area is 113 Å². The van der Waals surface area contributed by atoms with Gasteiger partial charge in [-0.1, -0.05) is 13.0 Å². The van der Waals surface area contributed by atoms with E-state index < -0.39 is 0 Å². The lowest BCUT2D eigenvalue weighted by molar-refractivity contribution is 0.0902. The fourth-order valence-electron chi connectivity index (χ4n) is 5.75. The van der Waals surface area contributed by atoms with Crippen molar-refractivity contribution in [2.45, 2.75) is 44.2 Å². The van der Waals surface area contributed by atoms with Gasteiger partial charge in [-0.05, 0) is 48.5 Å². The number of nitrogens with one attached hydrogen (secondary N) is 1. The van der Waals surface area contributed by atoms with E-state index in [9.17, 15) is 4.79 Å². The molecule has 5 rings (SSSR count). The summed E-state index contributed by atoms with van der Waals surface area (Å²) in [5.74, 6) is 3.20. The van der Waals surface area contributed by atoms with E-state index in [4.69, 9.17) is 0 Å². The Hall–Kier alpha value is -1.09. The first-order chi connectivity index (χ1) is 9.22.